The number of alkyl halides is 2. The number of hydrogen-bond donors (Lipinski definition) is 1. The van der Waals surface area contributed by atoms with Gasteiger partial charge in [0.2, 0.25) is 0 Å². The number of amides is 1. The summed E-state index contributed by atoms with van der Waals surface area (Å²) in [4.78, 5) is 18.4. The predicted molar refractivity (Wildman–Crippen MR) is 99.9 cm³/mol. The van der Waals surface area contributed by atoms with E-state index in [2.05, 4.69) is 9.97 Å². The highest BCUT2D eigenvalue weighted by atomic mass is 32.2. The number of pyridine rings is 2. The summed E-state index contributed by atoms with van der Waals surface area (Å²) in [7, 11) is 0. The highest BCUT2D eigenvalue weighted by Gasteiger charge is 2.21. The van der Waals surface area contributed by atoms with Gasteiger partial charge in [0.1, 0.15) is 17.2 Å². The third kappa shape index (κ3) is 4.59. The molecule has 0 aliphatic heterocycles. The van der Waals surface area contributed by atoms with Gasteiger partial charge >= 0.3 is 0 Å². The van der Waals surface area contributed by atoms with Crippen molar-refractivity contribution in [3.05, 3.63) is 82.2 Å². The molecule has 1 amide bonds. The topological polar surface area (TPSA) is 68.9 Å². The summed E-state index contributed by atoms with van der Waals surface area (Å²) in [5.41, 5.74) is 5.09. The molecule has 0 spiro atoms. The minimum atomic E-state index is -2.76. The number of nitrogens with zero attached hydrogens (tertiary/aromatic N) is 2. The Morgan fingerprint density at radius 1 is 1.10 bits per heavy atom. The molecule has 2 heterocycles. The number of halogens is 5. The molecule has 156 valence electrons. The van der Waals surface area contributed by atoms with Crippen molar-refractivity contribution < 1.29 is 26.7 Å². The molecule has 0 unspecified atom stereocenters. The van der Waals surface area contributed by atoms with E-state index < -0.39 is 41.0 Å². The van der Waals surface area contributed by atoms with E-state index in [1.54, 1.807) is 6.92 Å². The van der Waals surface area contributed by atoms with Gasteiger partial charge in [-0.3, -0.25) is 14.8 Å². The first-order chi connectivity index (χ1) is 14.2. The molecular weight excluding hydrogens is 425 g/mol. The summed E-state index contributed by atoms with van der Waals surface area (Å²) in [6.45, 7) is 1.61. The zero-order valence-electron chi connectivity index (χ0n) is 15.4. The van der Waals surface area contributed by atoms with Crippen LogP contribution in [0.4, 0.5) is 22.0 Å². The molecule has 4 nitrogen and oxygen atoms in total. The van der Waals surface area contributed by atoms with Crippen LogP contribution in [0.15, 0.2) is 46.5 Å². The number of aryl methyl sites for hydroxylation is 1. The Balaban J connectivity index is 1.88. The van der Waals surface area contributed by atoms with Crippen LogP contribution in [0.3, 0.4) is 0 Å². The standard InChI is InChI=1S/C20H14F5N3OS/c1-9-4-15(20(26)29)27-7-10(9)5-12-13(21)6-16(18(23)17(12)22)30-11-2-3-14(19(24)25)28-8-11/h2-4,6-8,19H,5H2,1H3,(H2,26,29). The molecule has 2 N–H and O–H groups in total. The molecule has 3 aromatic rings. The van der Waals surface area contributed by atoms with Gasteiger partial charge in [0.15, 0.2) is 11.6 Å². The maximum Gasteiger partial charge on any atom is 0.280 e. The lowest BCUT2D eigenvalue weighted by molar-refractivity contribution is 0.0995. The Kier molecular flexibility index (Phi) is 6.35. The Bertz CT molecular complexity index is 1110. The van der Waals surface area contributed by atoms with Crippen molar-refractivity contribution in [2.24, 2.45) is 5.73 Å². The summed E-state index contributed by atoms with van der Waals surface area (Å²) < 4.78 is 68.8. The van der Waals surface area contributed by atoms with Crippen molar-refractivity contribution in [3.8, 4) is 0 Å². The van der Waals surface area contributed by atoms with Crippen LogP contribution in [0, 0.1) is 24.4 Å². The number of aromatic nitrogens is 2. The lowest BCUT2D eigenvalue weighted by Crippen LogP contribution is -2.14. The Labute approximate surface area is 172 Å². The van der Waals surface area contributed by atoms with Gasteiger partial charge in [0.25, 0.3) is 12.3 Å². The van der Waals surface area contributed by atoms with Gasteiger partial charge in [-0.15, -0.1) is 0 Å². The third-order valence-electron chi connectivity index (χ3n) is 4.27. The van der Waals surface area contributed by atoms with Crippen LogP contribution in [0.25, 0.3) is 0 Å². The van der Waals surface area contributed by atoms with Gasteiger partial charge in [-0.05, 0) is 42.3 Å². The van der Waals surface area contributed by atoms with Crippen LogP contribution in [0.2, 0.25) is 0 Å². The minimum absolute atomic E-state index is 0.00147. The van der Waals surface area contributed by atoms with Crippen molar-refractivity contribution in [1.82, 2.24) is 9.97 Å². The van der Waals surface area contributed by atoms with Crippen molar-refractivity contribution >= 4 is 17.7 Å². The van der Waals surface area contributed by atoms with Crippen LogP contribution in [0.1, 0.15) is 39.3 Å². The molecule has 30 heavy (non-hydrogen) atoms. The van der Waals surface area contributed by atoms with Gasteiger partial charge in [-0.25, -0.2) is 22.0 Å². The van der Waals surface area contributed by atoms with Crippen molar-refractivity contribution in [2.45, 2.75) is 29.6 Å². The van der Waals surface area contributed by atoms with Crippen LogP contribution in [-0.4, -0.2) is 15.9 Å². The second-order valence-corrected chi connectivity index (χ2v) is 7.44. The molecule has 0 saturated heterocycles. The minimum Gasteiger partial charge on any atom is -0.364 e. The average Bonchev–Trinajstić information content (AvgIpc) is 2.70. The van der Waals surface area contributed by atoms with Crippen molar-refractivity contribution in [2.75, 3.05) is 0 Å². The molecule has 0 fully saturated rings. The molecule has 0 bridgehead atoms. The molecule has 0 saturated carbocycles. The highest BCUT2D eigenvalue weighted by molar-refractivity contribution is 7.99. The Morgan fingerprint density at radius 2 is 1.83 bits per heavy atom. The monoisotopic (exact) mass is 439 g/mol. The number of benzene rings is 1. The number of nitrogens with two attached hydrogens (primary N) is 1. The van der Waals surface area contributed by atoms with Crippen LogP contribution in [0.5, 0.6) is 0 Å². The van der Waals surface area contributed by atoms with E-state index in [4.69, 9.17) is 5.73 Å². The molecule has 0 aliphatic rings. The summed E-state index contributed by atoms with van der Waals surface area (Å²) in [5, 5.41) is 0. The molecule has 3 rings (SSSR count). The number of primary amides is 1. The smallest absolute Gasteiger partial charge is 0.280 e. The summed E-state index contributed by atoms with van der Waals surface area (Å²) in [5.74, 6) is -4.36. The van der Waals surface area contributed by atoms with E-state index in [0.29, 0.717) is 22.9 Å². The number of carbonyl (C=O) groups is 1. The van der Waals surface area contributed by atoms with Crippen LogP contribution in [-0.2, 0) is 6.42 Å². The first-order valence-electron chi connectivity index (χ1n) is 8.51. The second-order valence-electron chi connectivity index (χ2n) is 6.32. The van der Waals surface area contributed by atoms with Gasteiger partial charge in [-0.2, -0.15) is 0 Å². The second kappa shape index (κ2) is 8.78. The van der Waals surface area contributed by atoms with Gasteiger partial charge < -0.3 is 5.73 Å². The fraction of sp³-hybridized carbons (Fsp3) is 0.150. The molecule has 1 aromatic carbocycles. The summed E-state index contributed by atoms with van der Waals surface area (Å²) in [6.07, 6.45) is -0.720. The number of carbonyl (C=O) groups excluding carboxylic acids is 1. The maximum atomic E-state index is 14.6. The molecule has 0 aliphatic carbocycles. The first-order valence-corrected chi connectivity index (χ1v) is 9.32. The quantitative estimate of drug-likeness (QED) is 0.435. The number of rotatable bonds is 6. The normalized spacial score (nSPS) is 11.2. The van der Waals surface area contributed by atoms with Crippen molar-refractivity contribution in [1.29, 1.82) is 0 Å². The fourth-order valence-electron chi connectivity index (χ4n) is 2.65. The fourth-order valence-corrected chi connectivity index (χ4v) is 3.49. The van der Waals surface area contributed by atoms with Crippen LogP contribution >= 0.6 is 11.8 Å². The van der Waals surface area contributed by atoms with Crippen molar-refractivity contribution in [3.63, 3.8) is 0 Å². The third-order valence-corrected chi connectivity index (χ3v) is 5.26. The maximum absolute atomic E-state index is 14.6. The SMILES string of the molecule is Cc1cc(C(N)=O)ncc1Cc1c(F)cc(Sc2ccc(C(F)F)nc2)c(F)c1F. The van der Waals surface area contributed by atoms with E-state index in [9.17, 15) is 26.7 Å². The lowest BCUT2D eigenvalue weighted by atomic mass is 10.0. The first kappa shape index (κ1) is 21.7. The molecular formula is C20H14F5N3OS. The Hall–Kier alpha value is -3.01. The summed E-state index contributed by atoms with van der Waals surface area (Å²) in [6, 6.07) is 4.53. The largest absolute Gasteiger partial charge is 0.364 e. The predicted octanol–water partition coefficient (Wildman–Crippen LogP) is 4.98. The lowest BCUT2D eigenvalue weighted by Gasteiger charge is -2.12. The van der Waals surface area contributed by atoms with E-state index in [0.717, 1.165) is 18.3 Å². The van der Waals surface area contributed by atoms with Gasteiger partial charge in [-0.1, -0.05) is 11.8 Å². The molecule has 10 heteroatoms. The molecule has 0 radical (unpaired) electrons. The van der Waals surface area contributed by atoms with E-state index in [-0.39, 0.29) is 21.9 Å². The molecule has 0 atom stereocenters. The summed E-state index contributed by atoms with van der Waals surface area (Å²) >= 11 is 0.660. The Morgan fingerprint density at radius 3 is 2.40 bits per heavy atom. The van der Waals surface area contributed by atoms with Gasteiger partial charge in [0.05, 0.1) is 4.90 Å². The number of hydrogen-bond acceptors (Lipinski definition) is 4. The van der Waals surface area contributed by atoms with Crippen LogP contribution < -0.4 is 5.73 Å². The van der Waals surface area contributed by atoms with E-state index in [1.807, 2.05) is 0 Å². The zero-order chi connectivity index (χ0) is 22.0. The van der Waals surface area contributed by atoms with Gasteiger partial charge in [0, 0.05) is 29.3 Å². The van der Waals surface area contributed by atoms with E-state index >= 15 is 0 Å². The highest BCUT2D eigenvalue weighted by Crippen LogP contribution is 2.34. The van der Waals surface area contributed by atoms with E-state index in [1.165, 1.54) is 18.3 Å². The average molecular weight is 439 g/mol. The zero-order valence-corrected chi connectivity index (χ0v) is 16.2. The molecule has 2 aromatic heterocycles.